The molecule has 2 N–H and O–H groups in total. The minimum atomic E-state index is 0.669. The van der Waals surface area contributed by atoms with Crippen LogP contribution in [0.2, 0.25) is 0 Å². The van der Waals surface area contributed by atoms with Crippen molar-refractivity contribution in [2.24, 2.45) is 0 Å². The maximum absolute atomic E-state index is 5.66. The molecule has 17 heavy (non-hydrogen) atoms. The summed E-state index contributed by atoms with van der Waals surface area (Å²) in [4.78, 5) is 0. The molecular weight excluding hydrogens is 214 g/mol. The van der Waals surface area contributed by atoms with Crippen molar-refractivity contribution in [1.82, 2.24) is 9.78 Å². The van der Waals surface area contributed by atoms with Crippen LogP contribution in [0.15, 0.2) is 36.5 Å². The summed E-state index contributed by atoms with van der Waals surface area (Å²) in [6, 6.07) is 9.48. The first-order chi connectivity index (χ1) is 8.24. The van der Waals surface area contributed by atoms with E-state index in [1.165, 1.54) is 0 Å². The highest BCUT2D eigenvalue weighted by Crippen LogP contribution is 2.14. The van der Waals surface area contributed by atoms with Gasteiger partial charge in [-0.1, -0.05) is 6.07 Å². The largest absolute Gasteiger partial charge is 0.493 e. The predicted molar refractivity (Wildman–Crippen MR) is 67.9 cm³/mol. The Bertz CT molecular complexity index is 479. The molecule has 0 amide bonds. The Balaban J connectivity index is 1.73. The van der Waals surface area contributed by atoms with Crippen LogP contribution >= 0.6 is 0 Å². The van der Waals surface area contributed by atoms with Gasteiger partial charge in [0.15, 0.2) is 0 Å². The maximum Gasteiger partial charge on any atom is 0.121 e. The number of nitrogens with zero attached hydrogens (tertiary/aromatic N) is 2. The zero-order chi connectivity index (χ0) is 12.1. The predicted octanol–water partition coefficient (Wildman–Crippen LogP) is 2.24. The van der Waals surface area contributed by atoms with Gasteiger partial charge in [0.25, 0.3) is 0 Å². The lowest BCUT2D eigenvalue weighted by molar-refractivity contribution is 0.298. The second-order valence-corrected chi connectivity index (χ2v) is 3.99. The van der Waals surface area contributed by atoms with Gasteiger partial charge in [0.05, 0.1) is 12.3 Å². The molecule has 1 aromatic carbocycles. The Morgan fingerprint density at radius 1 is 1.35 bits per heavy atom. The molecule has 0 aliphatic heterocycles. The summed E-state index contributed by atoms with van der Waals surface area (Å²) in [5.41, 5.74) is 7.43. The smallest absolute Gasteiger partial charge is 0.121 e. The molecular formula is C13H17N3O. The van der Waals surface area contributed by atoms with Gasteiger partial charge in [0, 0.05) is 30.9 Å². The highest BCUT2D eigenvalue weighted by molar-refractivity contribution is 5.43. The fraction of sp³-hybridized carbons (Fsp3) is 0.308. The average molecular weight is 231 g/mol. The van der Waals surface area contributed by atoms with Gasteiger partial charge < -0.3 is 10.5 Å². The van der Waals surface area contributed by atoms with E-state index in [0.29, 0.717) is 6.61 Å². The van der Waals surface area contributed by atoms with E-state index in [4.69, 9.17) is 10.5 Å². The lowest BCUT2D eigenvalue weighted by Crippen LogP contribution is -2.05. The van der Waals surface area contributed by atoms with E-state index in [9.17, 15) is 0 Å². The Hall–Kier alpha value is -1.97. The van der Waals surface area contributed by atoms with Gasteiger partial charge in [0.1, 0.15) is 5.75 Å². The molecule has 2 aromatic rings. The molecule has 4 heteroatoms. The van der Waals surface area contributed by atoms with E-state index in [1.54, 1.807) is 0 Å². The number of ether oxygens (including phenoxy) is 1. The number of rotatable bonds is 5. The molecule has 0 fully saturated rings. The van der Waals surface area contributed by atoms with Crippen molar-refractivity contribution in [1.29, 1.82) is 0 Å². The molecule has 0 saturated carbocycles. The number of anilines is 1. The Morgan fingerprint density at radius 2 is 2.24 bits per heavy atom. The topological polar surface area (TPSA) is 53.1 Å². The molecule has 0 saturated heterocycles. The Labute approximate surface area is 101 Å². The third-order valence-corrected chi connectivity index (χ3v) is 2.43. The number of aromatic nitrogens is 2. The summed E-state index contributed by atoms with van der Waals surface area (Å²) in [7, 11) is 0. The quantitative estimate of drug-likeness (QED) is 0.634. The number of hydrogen-bond acceptors (Lipinski definition) is 3. The lowest BCUT2D eigenvalue weighted by atomic mass is 10.3. The second-order valence-electron chi connectivity index (χ2n) is 3.99. The van der Waals surface area contributed by atoms with E-state index >= 15 is 0 Å². The molecule has 1 heterocycles. The van der Waals surface area contributed by atoms with Crippen molar-refractivity contribution in [3.63, 3.8) is 0 Å². The van der Waals surface area contributed by atoms with Gasteiger partial charge in [-0.05, 0) is 25.1 Å². The molecule has 0 atom stereocenters. The van der Waals surface area contributed by atoms with Crippen LogP contribution in [0.4, 0.5) is 5.69 Å². The molecule has 90 valence electrons. The van der Waals surface area contributed by atoms with Gasteiger partial charge >= 0.3 is 0 Å². The van der Waals surface area contributed by atoms with E-state index in [1.807, 2.05) is 48.1 Å². The first-order valence-electron chi connectivity index (χ1n) is 5.72. The molecule has 0 bridgehead atoms. The van der Waals surface area contributed by atoms with Crippen molar-refractivity contribution in [3.05, 3.63) is 42.2 Å². The summed E-state index contributed by atoms with van der Waals surface area (Å²) < 4.78 is 7.52. The van der Waals surface area contributed by atoms with Crippen molar-refractivity contribution in [2.45, 2.75) is 19.9 Å². The SMILES string of the molecule is Cc1ccn(CCCOc2cccc(N)c2)n1. The number of nitrogen functional groups attached to an aromatic ring is 1. The van der Waals surface area contributed by atoms with Crippen molar-refractivity contribution in [2.75, 3.05) is 12.3 Å². The summed E-state index contributed by atoms with van der Waals surface area (Å²) in [5.74, 6) is 0.821. The highest BCUT2D eigenvalue weighted by Gasteiger charge is 1.96. The first-order valence-corrected chi connectivity index (χ1v) is 5.72. The molecule has 0 radical (unpaired) electrons. The van der Waals surface area contributed by atoms with Crippen LogP contribution in [0, 0.1) is 6.92 Å². The fourth-order valence-corrected chi connectivity index (χ4v) is 1.61. The van der Waals surface area contributed by atoms with Gasteiger partial charge in [-0.2, -0.15) is 5.10 Å². The van der Waals surface area contributed by atoms with Gasteiger partial charge in [-0.15, -0.1) is 0 Å². The normalized spacial score (nSPS) is 10.4. The van der Waals surface area contributed by atoms with Gasteiger partial charge in [0.2, 0.25) is 0 Å². The number of nitrogens with two attached hydrogens (primary N) is 1. The standard InChI is InChI=1S/C13H17N3O/c1-11-6-8-16(15-11)7-3-9-17-13-5-2-4-12(14)10-13/h2,4-6,8,10H,3,7,9,14H2,1H3. The monoisotopic (exact) mass is 231 g/mol. The number of hydrogen-bond donors (Lipinski definition) is 1. The third kappa shape index (κ3) is 3.52. The molecule has 0 aliphatic rings. The van der Waals surface area contributed by atoms with Crippen LogP contribution in [0.5, 0.6) is 5.75 Å². The van der Waals surface area contributed by atoms with Crippen molar-refractivity contribution >= 4 is 5.69 Å². The molecule has 4 nitrogen and oxygen atoms in total. The molecule has 0 spiro atoms. The van der Waals surface area contributed by atoms with Gasteiger partial charge in [-0.3, -0.25) is 4.68 Å². The van der Waals surface area contributed by atoms with Crippen LogP contribution in [-0.2, 0) is 6.54 Å². The number of benzene rings is 1. The maximum atomic E-state index is 5.66. The van der Waals surface area contributed by atoms with E-state index in [-0.39, 0.29) is 0 Å². The molecule has 2 rings (SSSR count). The third-order valence-electron chi connectivity index (χ3n) is 2.43. The highest BCUT2D eigenvalue weighted by atomic mass is 16.5. The van der Waals surface area contributed by atoms with Crippen LogP contribution < -0.4 is 10.5 Å². The minimum Gasteiger partial charge on any atom is -0.493 e. The zero-order valence-electron chi connectivity index (χ0n) is 9.97. The average Bonchev–Trinajstić information content (AvgIpc) is 2.71. The molecule has 0 unspecified atom stereocenters. The van der Waals surface area contributed by atoms with Crippen LogP contribution in [0.3, 0.4) is 0 Å². The Kier molecular flexibility index (Phi) is 3.65. The van der Waals surface area contributed by atoms with Crippen LogP contribution in [0.1, 0.15) is 12.1 Å². The Morgan fingerprint density at radius 3 is 2.94 bits per heavy atom. The zero-order valence-corrected chi connectivity index (χ0v) is 9.97. The second kappa shape index (κ2) is 5.39. The van der Waals surface area contributed by atoms with E-state index < -0.39 is 0 Å². The van der Waals surface area contributed by atoms with Crippen molar-refractivity contribution < 1.29 is 4.74 Å². The van der Waals surface area contributed by atoms with Gasteiger partial charge in [-0.25, -0.2) is 0 Å². The van der Waals surface area contributed by atoms with Crippen molar-refractivity contribution in [3.8, 4) is 5.75 Å². The molecule has 0 aliphatic carbocycles. The summed E-state index contributed by atoms with van der Waals surface area (Å²) in [5, 5.41) is 4.31. The summed E-state index contributed by atoms with van der Waals surface area (Å²) in [6.07, 6.45) is 2.91. The lowest BCUT2D eigenvalue weighted by Gasteiger charge is -2.06. The molecule has 1 aromatic heterocycles. The fourth-order valence-electron chi connectivity index (χ4n) is 1.61. The minimum absolute atomic E-state index is 0.669. The van der Waals surface area contributed by atoms with E-state index in [0.717, 1.165) is 30.1 Å². The summed E-state index contributed by atoms with van der Waals surface area (Å²) >= 11 is 0. The van der Waals surface area contributed by atoms with Crippen LogP contribution in [0.25, 0.3) is 0 Å². The first kappa shape index (κ1) is 11.5. The number of aryl methyl sites for hydroxylation is 2. The van der Waals surface area contributed by atoms with E-state index in [2.05, 4.69) is 5.10 Å². The van der Waals surface area contributed by atoms with Crippen LogP contribution in [-0.4, -0.2) is 16.4 Å². The summed E-state index contributed by atoms with van der Waals surface area (Å²) in [6.45, 7) is 3.53.